The van der Waals surface area contributed by atoms with E-state index in [2.05, 4.69) is 37.5 Å². The van der Waals surface area contributed by atoms with Crippen molar-refractivity contribution >= 4 is 11.9 Å². The number of carbonyl (C=O) groups excluding carboxylic acids is 2. The predicted octanol–water partition coefficient (Wildman–Crippen LogP) is 8.80. The van der Waals surface area contributed by atoms with E-state index in [1.54, 1.807) is 0 Å². The Labute approximate surface area is 268 Å². The van der Waals surface area contributed by atoms with E-state index in [0.717, 1.165) is 87.0 Å². The standard InChI is InChI=1S/C38H60N2O4/c1-5-9-13-19-27-39(25-11-7-3)29-37(41)43-31-33-21-15-17-23-35(33)36-24-18-16-22-34(36)32-44-38(42)30-40(26-12-8-4)28-20-14-10-6-2/h15-18,21-24H,5-14,19-20,25-32H2,1-4H3. The average molecular weight is 609 g/mol. The first-order chi connectivity index (χ1) is 21.5. The Hall–Kier alpha value is -2.70. The summed E-state index contributed by atoms with van der Waals surface area (Å²) in [7, 11) is 0. The number of hydrogen-bond donors (Lipinski definition) is 0. The number of benzene rings is 2. The first kappa shape index (κ1) is 37.5. The van der Waals surface area contributed by atoms with Gasteiger partial charge in [-0.1, -0.05) is 128 Å². The maximum atomic E-state index is 12.9. The molecular weight excluding hydrogens is 548 g/mol. The number of hydrogen-bond acceptors (Lipinski definition) is 6. The highest BCUT2D eigenvalue weighted by molar-refractivity contribution is 5.74. The van der Waals surface area contributed by atoms with E-state index < -0.39 is 0 Å². The van der Waals surface area contributed by atoms with Crippen molar-refractivity contribution in [1.82, 2.24) is 9.80 Å². The molecule has 0 fully saturated rings. The maximum Gasteiger partial charge on any atom is 0.320 e. The number of carbonyl (C=O) groups is 2. The Balaban J connectivity index is 2.01. The van der Waals surface area contributed by atoms with Crippen LogP contribution in [0.5, 0.6) is 0 Å². The molecule has 0 unspecified atom stereocenters. The molecule has 0 N–H and O–H groups in total. The lowest BCUT2D eigenvalue weighted by Crippen LogP contribution is -2.33. The van der Waals surface area contributed by atoms with Gasteiger partial charge in [-0.15, -0.1) is 0 Å². The molecule has 0 atom stereocenters. The summed E-state index contributed by atoms with van der Waals surface area (Å²) < 4.78 is 11.6. The molecule has 0 aliphatic heterocycles. The van der Waals surface area contributed by atoms with Crippen LogP contribution < -0.4 is 0 Å². The Morgan fingerprint density at radius 2 is 0.864 bits per heavy atom. The summed E-state index contributed by atoms with van der Waals surface area (Å²) in [5.74, 6) is -0.369. The van der Waals surface area contributed by atoms with Crippen LogP contribution in [0.2, 0.25) is 0 Å². The highest BCUT2D eigenvalue weighted by atomic mass is 16.5. The second-order valence-corrected chi connectivity index (χ2v) is 12.0. The Morgan fingerprint density at radius 3 is 1.25 bits per heavy atom. The molecule has 0 spiro atoms. The van der Waals surface area contributed by atoms with Gasteiger partial charge in [0.15, 0.2) is 0 Å². The molecule has 44 heavy (non-hydrogen) atoms. The number of rotatable bonds is 25. The van der Waals surface area contributed by atoms with Crippen LogP contribution in [-0.4, -0.2) is 61.0 Å². The molecule has 0 aliphatic carbocycles. The summed E-state index contributed by atoms with van der Waals surface area (Å²) in [6, 6.07) is 16.1. The predicted molar refractivity (Wildman–Crippen MR) is 182 cm³/mol. The van der Waals surface area contributed by atoms with Crippen LogP contribution in [0.1, 0.15) is 116 Å². The van der Waals surface area contributed by atoms with Gasteiger partial charge >= 0.3 is 11.9 Å². The van der Waals surface area contributed by atoms with Gasteiger partial charge in [0.2, 0.25) is 0 Å². The molecule has 2 aromatic rings. The molecule has 0 bridgehead atoms. The minimum absolute atomic E-state index is 0.184. The molecule has 0 aromatic heterocycles. The average Bonchev–Trinajstić information content (AvgIpc) is 3.04. The third-order valence-electron chi connectivity index (χ3n) is 8.12. The van der Waals surface area contributed by atoms with Gasteiger partial charge in [-0.25, -0.2) is 0 Å². The van der Waals surface area contributed by atoms with Gasteiger partial charge in [0.25, 0.3) is 0 Å². The lowest BCUT2D eigenvalue weighted by atomic mass is 9.96. The molecule has 6 heteroatoms. The smallest absolute Gasteiger partial charge is 0.320 e. The van der Waals surface area contributed by atoms with Crippen molar-refractivity contribution in [2.75, 3.05) is 39.3 Å². The van der Waals surface area contributed by atoms with Crippen molar-refractivity contribution in [3.8, 4) is 11.1 Å². The summed E-state index contributed by atoms with van der Waals surface area (Å²) in [6.07, 6.45) is 13.9. The molecular formula is C38H60N2O4. The third-order valence-corrected chi connectivity index (χ3v) is 8.12. The Morgan fingerprint density at radius 1 is 0.500 bits per heavy atom. The van der Waals surface area contributed by atoms with E-state index >= 15 is 0 Å². The van der Waals surface area contributed by atoms with Crippen molar-refractivity contribution < 1.29 is 19.1 Å². The highest BCUT2D eigenvalue weighted by Gasteiger charge is 2.16. The molecule has 6 nitrogen and oxygen atoms in total. The van der Waals surface area contributed by atoms with E-state index in [1.807, 2.05) is 48.5 Å². The van der Waals surface area contributed by atoms with Crippen molar-refractivity contribution in [3.63, 3.8) is 0 Å². The fraction of sp³-hybridized carbons (Fsp3) is 0.632. The molecule has 0 radical (unpaired) electrons. The number of nitrogens with zero attached hydrogens (tertiary/aromatic N) is 2. The fourth-order valence-electron chi connectivity index (χ4n) is 5.42. The van der Waals surface area contributed by atoms with Gasteiger partial charge in [-0.3, -0.25) is 19.4 Å². The molecule has 0 aliphatic rings. The monoisotopic (exact) mass is 608 g/mol. The summed E-state index contributed by atoms with van der Waals surface area (Å²) in [6.45, 7) is 13.6. The molecule has 0 heterocycles. The summed E-state index contributed by atoms with van der Waals surface area (Å²) in [5, 5.41) is 0. The first-order valence-electron chi connectivity index (χ1n) is 17.4. The van der Waals surface area contributed by atoms with E-state index in [-0.39, 0.29) is 25.2 Å². The summed E-state index contributed by atoms with van der Waals surface area (Å²) in [4.78, 5) is 30.3. The highest BCUT2D eigenvalue weighted by Crippen LogP contribution is 2.28. The van der Waals surface area contributed by atoms with Gasteiger partial charge in [0, 0.05) is 0 Å². The Kier molecular flexibility index (Phi) is 20.2. The first-order valence-corrected chi connectivity index (χ1v) is 17.4. The zero-order chi connectivity index (χ0) is 31.8. The summed E-state index contributed by atoms with van der Waals surface area (Å²) in [5.41, 5.74) is 3.88. The molecule has 0 saturated carbocycles. The van der Waals surface area contributed by atoms with Gasteiger partial charge in [-0.2, -0.15) is 0 Å². The van der Waals surface area contributed by atoms with Crippen molar-refractivity contribution in [2.45, 2.75) is 118 Å². The van der Waals surface area contributed by atoms with Crippen molar-refractivity contribution in [2.24, 2.45) is 0 Å². The zero-order valence-electron chi connectivity index (χ0n) is 28.3. The number of esters is 2. The molecule has 0 amide bonds. The number of unbranched alkanes of at least 4 members (excludes halogenated alkanes) is 8. The van der Waals surface area contributed by atoms with Crippen molar-refractivity contribution in [3.05, 3.63) is 59.7 Å². The third kappa shape index (κ3) is 15.3. The minimum atomic E-state index is -0.184. The van der Waals surface area contributed by atoms with Gasteiger partial charge in [0.05, 0.1) is 13.1 Å². The molecule has 0 saturated heterocycles. The lowest BCUT2D eigenvalue weighted by Gasteiger charge is -2.22. The quantitative estimate of drug-likeness (QED) is 0.0829. The van der Waals surface area contributed by atoms with Crippen LogP contribution in [0.4, 0.5) is 0 Å². The van der Waals surface area contributed by atoms with Crippen LogP contribution in [0.25, 0.3) is 11.1 Å². The molecule has 2 aromatic carbocycles. The van der Waals surface area contributed by atoms with Gasteiger partial charge in [-0.05, 0) is 74.1 Å². The van der Waals surface area contributed by atoms with Crippen LogP contribution in [-0.2, 0) is 32.3 Å². The van der Waals surface area contributed by atoms with Crippen LogP contribution >= 0.6 is 0 Å². The van der Waals surface area contributed by atoms with Crippen LogP contribution in [0, 0.1) is 0 Å². The fourth-order valence-corrected chi connectivity index (χ4v) is 5.42. The second-order valence-electron chi connectivity index (χ2n) is 12.0. The maximum absolute atomic E-state index is 12.9. The largest absolute Gasteiger partial charge is 0.460 e. The SMILES string of the molecule is CCCCCCN(CCCC)CC(=O)OCc1ccccc1-c1ccccc1COC(=O)CN(CCCC)CCCCCC. The Bertz CT molecular complexity index is 973. The molecule has 246 valence electrons. The summed E-state index contributed by atoms with van der Waals surface area (Å²) >= 11 is 0. The number of ether oxygens (including phenoxy) is 2. The molecule has 2 rings (SSSR count). The van der Waals surface area contributed by atoms with E-state index in [1.165, 1.54) is 38.5 Å². The van der Waals surface area contributed by atoms with Crippen molar-refractivity contribution in [1.29, 1.82) is 0 Å². The van der Waals surface area contributed by atoms with Crippen LogP contribution in [0.15, 0.2) is 48.5 Å². The van der Waals surface area contributed by atoms with Gasteiger partial charge < -0.3 is 9.47 Å². The van der Waals surface area contributed by atoms with Crippen LogP contribution in [0.3, 0.4) is 0 Å². The lowest BCUT2D eigenvalue weighted by molar-refractivity contribution is -0.147. The second kappa shape index (κ2) is 23.7. The normalized spacial score (nSPS) is 11.3. The van der Waals surface area contributed by atoms with E-state index in [4.69, 9.17) is 9.47 Å². The van der Waals surface area contributed by atoms with E-state index in [9.17, 15) is 9.59 Å². The topological polar surface area (TPSA) is 59.1 Å². The van der Waals surface area contributed by atoms with Gasteiger partial charge in [0.1, 0.15) is 13.2 Å². The zero-order valence-corrected chi connectivity index (χ0v) is 28.3. The minimum Gasteiger partial charge on any atom is -0.460 e. The van der Waals surface area contributed by atoms with E-state index in [0.29, 0.717) is 13.1 Å².